The molecule has 0 bridgehead atoms. The van der Waals surface area contributed by atoms with Crippen LogP contribution in [0.3, 0.4) is 0 Å². The Morgan fingerprint density at radius 2 is 1.50 bits per heavy atom. The zero-order valence-corrected chi connectivity index (χ0v) is 11.4. The average Bonchev–Trinajstić information content (AvgIpc) is 2.52. The Labute approximate surface area is 120 Å². The Balaban J connectivity index is 1.78. The van der Waals surface area contributed by atoms with E-state index in [1.54, 1.807) is 0 Å². The molecule has 102 valence electrons. The van der Waals surface area contributed by atoms with E-state index in [2.05, 4.69) is 5.92 Å². The second kappa shape index (κ2) is 7.91. The van der Waals surface area contributed by atoms with Crippen LogP contribution in [-0.2, 0) is 6.61 Å². The molecule has 0 saturated heterocycles. The zero-order chi connectivity index (χ0) is 14.0. The van der Waals surface area contributed by atoms with E-state index in [4.69, 9.17) is 15.9 Å². The summed E-state index contributed by atoms with van der Waals surface area (Å²) in [5.74, 6) is 4.27. The topological polar surface area (TPSA) is 18.5 Å². The average molecular weight is 266 g/mol. The predicted octanol–water partition coefficient (Wildman–Crippen LogP) is 4.06. The number of ether oxygens (including phenoxy) is 2. The van der Waals surface area contributed by atoms with Crippen molar-refractivity contribution in [2.45, 2.75) is 19.4 Å². The number of hydrogen-bond donors (Lipinski definition) is 0. The van der Waals surface area contributed by atoms with Crippen molar-refractivity contribution in [1.82, 2.24) is 0 Å². The zero-order valence-electron chi connectivity index (χ0n) is 11.4. The molecule has 0 unspecified atom stereocenters. The van der Waals surface area contributed by atoms with Crippen LogP contribution in [0.5, 0.6) is 11.5 Å². The smallest absolute Gasteiger partial charge is 0.120 e. The molecule has 0 amide bonds. The van der Waals surface area contributed by atoms with Gasteiger partial charge in [0.15, 0.2) is 0 Å². The summed E-state index contributed by atoms with van der Waals surface area (Å²) in [7, 11) is 0. The summed E-state index contributed by atoms with van der Waals surface area (Å²) in [6.07, 6.45) is 6.81. The Hall–Kier alpha value is -2.40. The van der Waals surface area contributed by atoms with Crippen LogP contribution in [0.1, 0.15) is 18.4 Å². The largest absolute Gasteiger partial charge is 0.494 e. The molecular weight excluding hydrogens is 248 g/mol. The third kappa shape index (κ3) is 4.70. The molecule has 20 heavy (non-hydrogen) atoms. The van der Waals surface area contributed by atoms with Crippen molar-refractivity contribution in [2.75, 3.05) is 6.61 Å². The minimum Gasteiger partial charge on any atom is -0.494 e. The fourth-order valence-electron chi connectivity index (χ4n) is 1.74. The number of terminal acetylenes is 1. The molecule has 2 heteroatoms. The molecule has 0 aromatic heterocycles. The summed E-state index contributed by atoms with van der Waals surface area (Å²) in [6, 6.07) is 17.8. The monoisotopic (exact) mass is 266 g/mol. The van der Waals surface area contributed by atoms with Crippen LogP contribution < -0.4 is 9.47 Å². The van der Waals surface area contributed by atoms with Gasteiger partial charge in [-0.1, -0.05) is 30.3 Å². The third-order valence-corrected chi connectivity index (χ3v) is 2.81. The van der Waals surface area contributed by atoms with E-state index in [0.29, 0.717) is 13.2 Å². The Morgan fingerprint density at radius 1 is 0.850 bits per heavy atom. The fraction of sp³-hybridized carbons (Fsp3) is 0.222. The van der Waals surface area contributed by atoms with E-state index in [-0.39, 0.29) is 0 Å². The van der Waals surface area contributed by atoms with E-state index in [9.17, 15) is 0 Å². The Bertz CT molecular complexity index is 538. The van der Waals surface area contributed by atoms with Gasteiger partial charge in [0.2, 0.25) is 0 Å². The molecule has 2 rings (SSSR count). The van der Waals surface area contributed by atoms with Crippen molar-refractivity contribution in [2.24, 2.45) is 0 Å². The maximum Gasteiger partial charge on any atom is 0.120 e. The van der Waals surface area contributed by atoms with Gasteiger partial charge in [0.05, 0.1) is 6.61 Å². The van der Waals surface area contributed by atoms with Crippen molar-refractivity contribution in [3.8, 4) is 23.8 Å². The van der Waals surface area contributed by atoms with Gasteiger partial charge in [-0.15, -0.1) is 12.3 Å². The molecule has 0 aliphatic rings. The second-order valence-electron chi connectivity index (χ2n) is 4.40. The highest BCUT2D eigenvalue weighted by Gasteiger charge is 1.97. The molecule has 0 heterocycles. The summed E-state index contributed by atoms with van der Waals surface area (Å²) in [6.45, 7) is 1.22. The van der Waals surface area contributed by atoms with E-state index in [1.165, 1.54) is 0 Å². The van der Waals surface area contributed by atoms with Crippen molar-refractivity contribution >= 4 is 0 Å². The maximum absolute atomic E-state index is 5.71. The van der Waals surface area contributed by atoms with Crippen LogP contribution >= 0.6 is 0 Å². The molecule has 0 spiro atoms. The molecule has 0 saturated carbocycles. The van der Waals surface area contributed by atoms with Gasteiger partial charge in [-0.25, -0.2) is 0 Å². The molecule has 0 aliphatic carbocycles. The van der Waals surface area contributed by atoms with Gasteiger partial charge in [0, 0.05) is 6.42 Å². The highest BCUT2D eigenvalue weighted by Crippen LogP contribution is 2.18. The third-order valence-electron chi connectivity index (χ3n) is 2.81. The fourth-order valence-corrected chi connectivity index (χ4v) is 1.74. The highest BCUT2D eigenvalue weighted by molar-refractivity contribution is 5.31. The first kappa shape index (κ1) is 14.0. The van der Waals surface area contributed by atoms with Gasteiger partial charge >= 0.3 is 0 Å². The van der Waals surface area contributed by atoms with Crippen molar-refractivity contribution in [3.05, 3.63) is 60.2 Å². The van der Waals surface area contributed by atoms with Gasteiger partial charge in [0.25, 0.3) is 0 Å². The van der Waals surface area contributed by atoms with Crippen LogP contribution in [-0.4, -0.2) is 6.61 Å². The number of unbranched alkanes of at least 4 members (excludes halogenated alkanes) is 1. The predicted molar refractivity (Wildman–Crippen MR) is 80.8 cm³/mol. The number of benzene rings is 2. The minimum absolute atomic E-state index is 0.573. The Kier molecular flexibility index (Phi) is 5.54. The summed E-state index contributed by atoms with van der Waals surface area (Å²) < 4.78 is 11.3. The van der Waals surface area contributed by atoms with Crippen LogP contribution in [0.2, 0.25) is 0 Å². The minimum atomic E-state index is 0.573. The molecule has 0 atom stereocenters. The molecule has 0 fully saturated rings. The van der Waals surface area contributed by atoms with Crippen LogP contribution in [0, 0.1) is 12.3 Å². The lowest BCUT2D eigenvalue weighted by Crippen LogP contribution is -1.97. The molecule has 0 N–H and O–H groups in total. The van der Waals surface area contributed by atoms with E-state index < -0.39 is 0 Å². The van der Waals surface area contributed by atoms with Crippen LogP contribution in [0.25, 0.3) is 0 Å². The lowest BCUT2D eigenvalue weighted by Gasteiger charge is -2.08. The van der Waals surface area contributed by atoms with E-state index in [1.807, 2.05) is 54.6 Å². The van der Waals surface area contributed by atoms with Crippen molar-refractivity contribution in [3.63, 3.8) is 0 Å². The van der Waals surface area contributed by atoms with Gasteiger partial charge < -0.3 is 9.47 Å². The first-order valence-corrected chi connectivity index (χ1v) is 6.71. The van der Waals surface area contributed by atoms with Crippen molar-refractivity contribution < 1.29 is 9.47 Å². The van der Waals surface area contributed by atoms with E-state index in [0.717, 1.165) is 29.9 Å². The van der Waals surface area contributed by atoms with E-state index >= 15 is 0 Å². The standard InChI is InChI=1S/C18H18O2/c1-2-3-7-14-19-17-10-12-18(13-11-17)20-15-16-8-5-4-6-9-16/h1,4-6,8-13H,3,7,14-15H2. The van der Waals surface area contributed by atoms with Gasteiger partial charge in [-0.3, -0.25) is 0 Å². The molecular formula is C18H18O2. The SMILES string of the molecule is C#CCCCOc1ccc(OCc2ccccc2)cc1. The normalized spacial score (nSPS) is 9.75. The number of rotatable bonds is 7. The molecule has 0 radical (unpaired) electrons. The van der Waals surface area contributed by atoms with Crippen molar-refractivity contribution in [1.29, 1.82) is 0 Å². The quantitative estimate of drug-likeness (QED) is 0.556. The highest BCUT2D eigenvalue weighted by atomic mass is 16.5. The summed E-state index contributed by atoms with van der Waals surface area (Å²) in [5, 5.41) is 0. The Morgan fingerprint density at radius 3 is 2.15 bits per heavy atom. The molecule has 0 aliphatic heterocycles. The van der Waals surface area contributed by atoms with Gasteiger partial charge in [0.1, 0.15) is 18.1 Å². The van der Waals surface area contributed by atoms with Gasteiger partial charge in [-0.05, 0) is 36.2 Å². The molecule has 2 aromatic carbocycles. The first-order chi connectivity index (χ1) is 9.88. The maximum atomic E-state index is 5.71. The van der Waals surface area contributed by atoms with Gasteiger partial charge in [-0.2, -0.15) is 0 Å². The summed E-state index contributed by atoms with van der Waals surface area (Å²) >= 11 is 0. The molecule has 2 aromatic rings. The van der Waals surface area contributed by atoms with Crippen LogP contribution in [0.15, 0.2) is 54.6 Å². The number of hydrogen-bond acceptors (Lipinski definition) is 2. The van der Waals surface area contributed by atoms with Crippen LogP contribution in [0.4, 0.5) is 0 Å². The second-order valence-corrected chi connectivity index (χ2v) is 4.40. The summed E-state index contributed by atoms with van der Waals surface area (Å²) in [4.78, 5) is 0. The lowest BCUT2D eigenvalue weighted by molar-refractivity contribution is 0.300. The molecule has 2 nitrogen and oxygen atoms in total. The first-order valence-electron chi connectivity index (χ1n) is 6.71. The lowest BCUT2D eigenvalue weighted by atomic mass is 10.2. The summed E-state index contributed by atoms with van der Waals surface area (Å²) in [5.41, 5.74) is 1.15.